The van der Waals surface area contributed by atoms with Gasteiger partial charge in [0, 0.05) is 43.0 Å². The van der Waals surface area contributed by atoms with E-state index in [1.54, 1.807) is 11.8 Å². The van der Waals surface area contributed by atoms with Gasteiger partial charge >= 0.3 is 0 Å². The van der Waals surface area contributed by atoms with Crippen LogP contribution in [0.4, 0.5) is 5.69 Å². The van der Waals surface area contributed by atoms with Gasteiger partial charge in [0.25, 0.3) is 0 Å². The number of pyridine rings is 1. The number of piperazine rings is 1. The van der Waals surface area contributed by atoms with E-state index in [1.165, 1.54) is 5.39 Å². The third-order valence-electron chi connectivity index (χ3n) is 6.23. The third kappa shape index (κ3) is 7.19. The van der Waals surface area contributed by atoms with Crippen molar-refractivity contribution in [3.63, 3.8) is 0 Å². The number of rotatable bonds is 8. The van der Waals surface area contributed by atoms with E-state index in [0.29, 0.717) is 5.75 Å². The summed E-state index contributed by atoms with van der Waals surface area (Å²) in [7, 11) is 0. The Bertz CT molecular complexity index is 1120. The maximum Gasteiger partial charge on any atom is 0.234 e. The number of fused-ring (bicyclic) bond motifs is 2. The van der Waals surface area contributed by atoms with Crippen LogP contribution in [0.15, 0.2) is 59.5 Å². The topological polar surface area (TPSA) is 57.7 Å². The number of thioether (sulfide) groups is 1. The van der Waals surface area contributed by atoms with E-state index < -0.39 is 0 Å². The van der Waals surface area contributed by atoms with Gasteiger partial charge in [-0.1, -0.05) is 38.1 Å². The minimum atomic E-state index is 0.0624. The fourth-order valence-corrected chi connectivity index (χ4v) is 5.20. The molecule has 0 bridgehead atoms. The molecule has 1 aromatic heterocycles. The molecule has 2 aliphatic heterocycles. The second kappa shape index (κ2) is 12.9. The van der Waals surface area contributed by atoms with Crippen LogP contribution in [0.2, 0.25) is 0 Å². The van der Waals surface area contributed by atoms with Crippen molar-refractivity contribution in [1.29, 1.82) is 0 Å². The average molecular weight is 493 g/mol. The SMILES string of the molecule is CC.O=C1CSc2cc(OCCCCN3CCN(Cc4ccc5ccccc5n4)CC3)ccc2N1. The Labute approximate surface area is 213 Å². The van der Waals surface area contributed by atoms with E-state index in [0.717, 1.165) is 86.3 Å². The first-order valence-corrected chi connectivity index (χ1v) is 13.7. The van der Waals surface area contributed by atoms with Gasteiger partial charge in [0.15, 0.2) is 0 Å². The van der Waals surface area contributed by atoms with E-state index in [2.05, 4.69) is 51.5 Å². The Hall–Kier alpha value is -2.61. The van der Waals surface area contributed by atoms with E-state index in [-0.39, 0.29) is 5.91 Å². The minimum Gasteiger partial charge on any atom is -0.494 e. The predicted molar refractivity (Wildman–Crippen MR) is 145 cm³/mol. The highest BCUT2D eigenvalue weighted by molar-refractivity contribution is 8.00. The number of carbonyl (C=O) groups is 1. The highest BCUT2D eigenvalue weighted by Crippen LogP contribution is 2.34. The lowest BCUT2D eigenvalue weighted by Gasteiger charge is -2.34. The van der Waals surface area contributed by atoms with Crippen molar-refractivity contribution in [1.82, 2.24) is 14.8 Å². The van der Waals surface area contributed by atoms with E-state index in [9.17, 15) is 4.79 Å². The van der Waals surface area contributed by atoms with Crippen molar-refractivity contribution in [2.45, 2.75) is 38.1 Å². The quantitative estimate of drug-likeness (QED) is 0.432. The summed E-state index contributed by atoms with van der Waals surface area (Å²) < 4.78 is 5.94. The molecule has 0 spiro atoms. The predicted octanol–water partition coefficient (Wildman–Crippen LogP) is 5.28. The van der Waals surface area contributed by atoms with Crippen molar-refractivity contribution in [2.24, 2.45) is 0 Å². The molecule has 1 amide bonds. The van der Waals surface area contributed by atoms with Crippen molar-refractivity contribution in [2.75, 3.05) is 50.4 Å². The Kier molecular flexibility index (Phi) is 9.40. The minimum absolute atomic E-state index is 0.0624. The fourth-order valence-electron chi connectivity index (χ4n) is 4.37. The number of amides is 1. The number of benzene rings is 2. The number of unbranched alkanes of at least 4 members (excludes halogenated alkanes) is 1. The number of anilines is 1. The second-order valence-electron chi connectivity index (χ2n) is 8.66. The van der Waals surface area contributed by atoms with Crippen molar-refractivity contribution in [3.05, 3.63) is 60.3 Å². The van der Waals surface area contributed by atoms with Crippen LogP contribution >= 0.6 is 11.8 Å². The highest BCUT2D eigenvalue weighted by Gasteiger charge is 2.18. The molecule has 35 heavy (non-hydrogen) atoms. The molecule has 6 nitrogen and oxygen atoms in total. The summed E-state index contributed by atoms with van der Waals surface area (Å²) in [5.41, 5.74) is 3.12. The molecule has 0 atom stereocenters. The number of carbonyl (C=O) groups excluding carboxylic acids is 1. The van der Waals surface area contributed by atoms with E-state index >= 15 is 0 Å². The number of ether oxygens (including phenoxy) is 1. The van der Waals surface area contributed by atoms with Crippen LogP contribution in [0.3, 0.4) is 0 Å². The second-order valence-corrected chi connectivity index (χ2v) is 9.68. The molecular formula is C28H36N4O2S. The van der Waals surface area contributed by atoms with Crippen molar-refractivity contribution < 1.29 is 9.53 Å². The van der Waals surface area contributed by atoms with Gasteiger partial charge < -0.3 is 15.0 Å². The first kappa shape index (κ1) is 25.5. The van der Waals surface area contributed by atoms with Gasteiger partial charge in [0.2, 0.25) is 5.91 Å². The Morgan fingerprint density at radius 3 is 2.63 bits per heavy atom. The van der Waals surface area contributed by atoms with E-state index in [1.807, 2.05) is 32.0 Å². The largest absolute Gasteiger partial charge is 0.494 e. The summed E-state index contributed by atoms with van der Waals surface area (Å²) in [6.07, 6.45) is 2.18. The van der Waals surface area contributed by atoms with Gasteiger partial charge in [-0.2, -0.15) is 0 Å². The Morgan fingerprint density at radius 2 is 1.77 bits per heavy atom. The number of nitrogens with zero attached hydrogens (tertiary/aromatic N) is 3. The zero-order chi connectivity index (χ0) is 24.5. The molecule has 2 aliphatic rings. The molecule has 0 radical (unpaired) electrons. The number of para-hydroxylation sites is 1. The van der Waals surface area contributed by atoms with Crippen LogP contribution in [-0.2, 0) is 11.3 Å². The fraction of sp³-hybridized carbons (Fsp3) is 0.429. The molecular weight excluding hydrogens is 456 g/mol. The monoisotopic (exact) mass is 492 g/mol. The Balaban J connectivity index is 0.00000141. The van der Waals surface area contributed by atoms with Crippen molar-refractivity contribution in [3.8, 4) is 5.75 Å². The van der Waals surface area contributed by atoms with Gasteiger partial charge in [-0.3, -0.25) is 14.7 Å². The summed E-state index contributed by atoms with van der Waals surface area (Å²) in [4.78, 5) is 22.4. The van der Waals surface area contributed by atoms with Crippen LogP contribution < -0.4 is 10.1 Å². The first-order valence-electron chi connectivity index (χ1n) is 12.7. The zero-order valence-electron chi connectivity index (χ0n) is 20.8. The molecule has 0 saturated carbocycles. The molecule has 1 fully saturated rings. The summed E-state index contributed by atoms with van der Waals surface area (Å²) in [6, 6.07) is 18.6. The average Bonchev–Trinajstić information content (AvgIpc) is 2.90. The molecule has 0 unspecified atom stereocenters. The molecule has 3 aromatic rings. The number of hydrogen-bond donors (Lipinski definition) is 1. The third-order valence-corrected chi connectivity index (χ3v) is 7.29. The molecule has 1 saturated heterocycles. The van der Waals surface area contributed by atoms with Crippen LogP contribution in [-0.4, -0.2) is 65.8 Å². The van der Waals surface area contributed by atoms with Crippen molar-refractivity contribution >= 4 is 34.3 Å². The molecule has 2 aromatic carbocycles. The molecule has 186 valence electrons. The normalized spacial score (nSPS) is 16.2. The number of hydrogen-bond acceptors (Lipinski definition) is 6. The maximum atomic E-state index is 11.5. The van der Waals surface area contributed by atoms with E-state index in [4.69, 9.17) is 9.72 Å². The number of aromatic nitrogens is 1. The molecule has 0 aliphatic carbocycles. The van der Waals surface area contributed by atoms with Gasteiger partial charge in [-0.25, -0.2) is 0 Å². The maximum absolute atomic E-state index is 11.5. The number of nitrogens with one attached hydrogen (secondary N) is 1. The first-order chi connectivity index (χ1) is 17.2. The standard InChI is InChI=1S/C26H30N4O2S.C2H6/c31-26-19-33-25-17-22(9-10-24(25)28-26)32-16-4-3-11-29-12-14-30(15-13-29)18-21-8-7-20-5-1-2-6-23(20)27-21;1-2/h1-2,5-10,17H,3-4,11-16,18-19H2,(H,28,31);1-2H3. The van der Waals surface area contributed by atoms with Gasteiger partial charge in [-0.05, 0) is 49.7 Å². The summed E-state index contributed by atoms with van der Waals surface area (Å²) in [6.45, 7) is 11.2. The zero-order valence-corrected chi connectivity index (χ0v) is 21.7. The molecule has 1 N–H and O–H groups in total. The van der Waals surface area contributed by atoms with Gasteiger partial charge in [-0.15, -0.1) is 11.8 Å². The lowest BCUT2D eigenvalue weighted by Crippen LogP contribution is -2.46. The van der Waals surface area contributed by atoms with Crippen LogP contribution in [0, 0.1) is 0 Å². The highest BCUT2D eigenvalue weighted by atomic mass is 32.2. The Morgan fingerprint density at radius 1 is 0.971 bits per heavy atom. The summed E-state index contributed by atoms with van der Waals surface area (Å²) in [5, 5.41) is 4.10. The molecule has 5 rings (SSSR count). The van der Waals surface area contributed by atoms with Crippen LogP contribution in [0.25, 0.3) is 10.9 Å². The molecule has 3 heterocycles. The van der Waals surface area contributed by atoms with Crippen LogP contribution in [0.5, 0.6) is 5.75 Å². The lowest BCUT2D eigenvalue weighted by atomic mass is 10.2. The van der Waals surface area contributed by atoms with Gasteiger partial charge in [0.1, 0.15) is 5.75 Å². The summed E-state index contributed by atoms with van der Waals surface area (Å²) in [5.74, 6) is 1.42. The smallest absolute Gasteiger partial charge is 0.234 e. The van der Waals surface area contributed by atoms with Crippen LogP contribution in [0.1, 0.15) is 32.4 Å². The summed E-state index contributed by atoms with van der Waals surface area (Å²) >= 11 is 1.57. The molecule has 7 heteroatoms. The van der Waals surface area contributed by atoms with Gasteiger partial charge in [0.05, 0.1) is 29.3 Å². The lowest BCUT2D eigenvalue weighted by molar-refractivity contribution is -0.113.